The fraction of sp³-hybridized carbons (Fsp3) is 0.900. The number of carbonyl (C=O) groups excluding carboxylic acids is 1. The van der Waals surface area contributed by atoms with Crippen molar-refractivity contribution in [1.82, 2.24) is 0 Å². The van der Waals surface area contributed by atoms with Crippen molar-refractivity contribution in [2.45, 2.75) is 51.7 Å². The zero-order valence-electron chi connectivity index (χ0n) is 8.45. The molecule has 13 heavy (non-hydrogen) atoms. The van der Waals surface area contributed by atoms with Gasteiger partial charge in [0.05, 0.1) is 12.0 Å². The van der Waals surface area contributed by atoms with Gasteiger partial charge in [-0.05, 0) is 32.6 Å². The van der Waals surface area contributed by atoms with Crippen LogP contribution in [0.3, 0.4) is 0 Å². The summed E-state index contributed by atoms with van der Waals surface area (Å²) < 4.78 is 5.24. The van der Waals surface area contributed by atoms with Gasteiger partial charge < -0.3 is 10.5 Å². The van der Waals surface area contributed by atoms with Crippen LogP contribution in [0.4, 0.5) is 0 Å². The maximum Gasteiger partial charge on any atom is 0.309 e. The third kappa shape index (κ3) is 2.99. The van der Waals surface area contributed by atoms with Crippen LogP contribution in [0.2, 0.25) is 0 Å². The minimum atomic E-state index is -0.0534. The lowest BCUT2D eigenvalue weighted by atomic mass is 10.1. The van der Waals surface area contributed by atoms with Crippen molar-refractivity contribution in [2.24, 2.45) is 11.7 Å². The fourth-order valence-electron chi connectivity index (χ4n) is 1.61. The molecule has 1 unspecified atom stereocenters. The van der Waals surface area contributed by atoms with Crippen molar-refractivity contribution in [3.05, 3.63) is 0 Å². The Labute approximate surface area is 79.6 Å². The van der Waals surface area contributed by atoms with E-state index in [1.165, 1.54) is 0 Å². The van der Waals surface area contributed by atoms with Crippen molar-refractivity contribution in [3.63, 3.8) is 0 Å². The van der Waals surface area contributed by atoms with E-state index >= 15 is 0 Å². The number of ether oxygens (including phenoxy) is 1. The topological polar surface area (TPSA) is 52.3 Å². The first-order valence-electron chi connectivity index (χ1n) is 5.09. The number of rotatable bonds is 3. The van der Waals surface area contributed by atoms with E-state index in [1.54, 1.807) is 0 Å². The first-order valence-corrected chi connectivity index (χ1v) is 5.09. The van der Waals surface area contributed by atoms with Gasteiger partial charge in [-0.25, -0.2) is 0 Å². The van der Waals surface area contributed by atoms with Gasteiger partial charge >= 0.3 is 5.97 Å². The lowest BCUT2D eigenvalue weighted by molar-refractivity contribution is -0.153. The van der Waals surface area contributed by atoms with Crippen LogP contribution in [0, 0.1) is 5.92 Å². The molecule has 0 bridgehead atoms. The predicted molar refractivity (Wildman–Crippen MR) is 51.2 cm³/mol. The Balaban J connectivity index is 2.31. The lowest BCUT2D eigenvalue weighted by Crippen LogP contribution is -2.22. The SMILES string of the molecule is CCC(C)OC(=O)[C@@H]1CC[C@H](N)C1. The Morgan fingerprint density at radius 2 is 2.31 bits per heavy atom. The second-order valence-electron chi connectivity index (χ2n) is 3.93. The van der Waals surface area contributed by atoms with Gasteiger partial charge in [0.2, 0.25) is 0 Å². The van der Waals surface area contributed by atoms with Crippen molar-refractivity contribution < 1.29 is 9.53 Å². The van der Waals surface area contributed by atoms with Gasteiger partial charge in [0.1, 0.15) is 0 Å². The number of carbonyl (C=O) groups is 1. The zero-order chi connectivity index (χ0) is 9.84. The maximum absolute atomic E-state index is 11.5. The van der Waals surface area contributed by atoms with E-state index in [2.05, 4.69) is 0 Å². The van der Waals surface area contributed by atoms with E-state index in [0.29, 0.717) is 0 Å². The minimum Gasteiger partial charge on any atom is -0.462 e. The fourth-order valence-corrected chi connectivity index (χ4v) is 1.61. The van der Waals surface area contributed by atoms with Crippen LogP contribution in [0.25, 0.3) is 0 Å². The molecule has 0 aromatic carbocycles. The molecule has 0 spiro atoms. The van der Waals surface area contributed by atoms with Crippen molar-refractivity contribution in [1.29, 1.82) is 0 Å². The molecular formula is C10H19NO2. The summed E-state index contributed by atoms with van der Waals surface area (Å²) in [5.74, 6) is 0.00583. The molecule has 1 aliphatic carbocycles. The van der Waals surface area contributed by atoms with Gasteiger partial charge in [-0.3, -0.25) is 4.79 Å². The molecule has 0 heterocycles. The highest BCUT2D eigenvalue weighted by Gasteiger charge is 2.29. The van der Waals surface area contributed by atoms with Gasteiger partial charge in [-0.15, -0.1) is 0 Å². The molecular weight excluding hydrogens is 166 g/mol. The Morgan fingerprint density at radius 3 is 2.77 bits per heavy atom. The molecule has 1 fully saturated rings. The van der Waals surface area contributed by atoms with Crippen LogP contribution in [-0.4, -0.2) is 18.1 Å². The normalized spacial score (nSPS) is 30.1. The Bertz CT molecular complexity index is 182. The summed E-state index contributed by atoms with van der Waals surface area (Å²) in [5.41, 5.74) is 5.72. The highest BCUT2D eigenvalue weighted by Crippen LogP contribution is 2.25. The molecule has 1 rings (SSSR count). The summed E-state index contributed by atoms with van der Waals surface area (Å²) in [6.45, 7) is 3.94. The highest BCUT2D eigenvalue weighted by atomic mass is 16.5. The van der Waals surface area contributed by atoms with E-state index in [-0.39, 0.29) is 24.0 Å². The molecule has 0 amide bonds. The van der Waals surface area contributed by atoms with Gasteiger partial charge in [0.25, 0.3) is 0 Å². The van der Waals surface area contributed by atoms with E-state index in [0.717, 1.165) is 25.7 Å². The summed E-state index contributed by atoms with van der Waals surface area (Å²) in [6, 6.07) is 0.203. The van der Waals surface area contributed by atoms with Crippen LogP contribution in [0.1, 0.15) is 39.5 Å². The van der Waals surface area contributed by atoms with E-state index in [1.807, 2.05) is 13.8 Å². The average molecular weight is 185 g/mol. The molecule has 1 aliphatic rings. The third-order valence-corrected chi connectivity index (χ3v) is 2.70. The van der Waals surface area contributed by atoms with Crippen molar-refractivity contribution >= 4 is 5.97 Å². The Hall–Kier alpha value is -0.570. The highest BCUT2D eigenvalue weighted by molar-refractivity contribution is 5.73. The average Bonchev–Trinajstić information content (AvgIpc) is 2.51. The molecule has 0 saturated heterocycles. The first-order chi connectivity index (χ1) is 6.13. The Morgan fingerprint density at radius 1 is 1.62 bits per heavy atom. The Kier molecular flexibility index (Phi) is 3.72. The maximum atomic E-state index is 11.5. The second-order valence-corrected chi connectivity index (χ2v) is 3.93. The summed E-state index contributed by atoms with van der Waals surface area (Å²) in [5, 5.41) is 0. The number of hydrogen-bond donors (Lipinski definition) is 1. The molecule has 2 N–H and O–H groups in total. The smallest absolute Gasteiger partial charge is 0.309 e. The van der Waals surface area contributed by atoms with Crippen LogP contribution in [0.5, 0.6) is 0 Å². The number of hydrogen-bond acceptors (Lipinski definition) is 3. The van der Waals surface area contributed by atoms with E-state index in [4.69, 9.17) is 10.5 Å². The van der Waals surface area contributed by atoms with Crippen LogP contribution in [-0.2, 0) is 9.53 Å². The van der Waals surface area contributed by atoms with Crippen LogP contribution >= 0.6 is 0 Å². The third-order valence-electron chi connectivity index (χ3n) is 2.70. The molecule has 0 aliphatic heterocycles. The quantitative estimate of drug-likeness (QED) is 0.677. The van der Waals surface area contributed by atoms with Gasteiger partial charge in [0.15, 0.2) is 0 Å². The lowest BCUT2D eigenvalue weighted by Gasteiger charge is -2.14. The summed E-state index contributed by atoms with van der Waals surface area (Å²) in [6.07, 6.45) is 3.58. The van der Waals surface area contributed by atoms with Gasteiger partial charge in [0, 0.05) is 6.04 Å². The molecule has 0 aromatic heterocycles. The molecule has 3 atom stereocenters. The minimum absolute atomic E-state index is 0.0457. The van der Waals surface area contributed by atoms with Crippen LogP contribution in [0.15, 0.2) is 0 Å². The summed E-state index contributed by atoms with van der Waals surface area (Å²) in [4.78, 5) is 11.5. The van der Waals surface area contributed by atoms with Crippen LogP contribution < -0.4 is 5.73 Å². The summed E-state index contributed by atoms with van der Waals surface area (Å²) in [7, 11) is 0. The van der Waals surface area contributed by atoms with E-state index < -0.39 is 0 Å². The molecule has 0 radical (unpaired) electrons. The van der Waals surface area contributed by atoms with Crippen molar-refractivity contribution in [3.8, 4) is 0 Å². The largest absolute Gasteiger partial charge is 0.462 e. The van der Waals surface area contributed by atoms with Gasteiger partial charge in [-0.1, -0.05) is 6.92 Å². The molecule has 1 saturated carbocycles. The van der Waals surface area contributed by atoms with E-state index in [9.17, 15) is 4.79 Å². The van der Waals surface area contributed by atoms with Crippen molar-refractivity contribution in [2.75, 3.05) is 0 Å². The monoisotopic (exact) mass is 185 g/mol. The second kappa shape index (κ2) is 4.61. The van der Waals surface area contributed by atoms with Gasteiger partial charge in [-0.2, -0.15) is 0 Å². The zero-order valence-corrected chi connectivity index (χ0v) is 8.45. The molecule has 76 valence electrons. The molecule has 0 aromatic rings. The predicted octanol–water partition coefficient (Wildman–Crippen LogP) is 1.46. The number of esters is 1. The summed E-state index contributed by atoms with van der Waals surface area (Å²) >= 11 is 0. The first kappa shape index (κ1) is 10.5. The molecule has 3 heteroatoms. The molecule has 3 nitrogen and oxygen atoms in total. The standard InChI is InChI=1S/C10H19NO2/c1-3-7(2)13-10(12)8-4-5-9(11)6-8/h7-9H,3-6,11H2,1-2H3/t7?,8-,9+/m1/s1. The number of nitrogens with two attached hydrogens (primary N) is 1.